The highest BCUT2D eigenvalue weighted by Gasteiger charge is 2.28. The second-order valence-electron chi connectivity index (χ2n) is 6.68. The fraction of sp³-hybridized carbons (Fsp3) is 0.450. The van der Waals surface area contributed by atoms with Crippen LogP contribution in [0.1, 0.15) is 24.2 Å². The minimum atomic E-state index is -0.616. The molecule has 1 heterocycles. The quantitative estimate of drug-likeness (QED) is 0.581. The Morgan fingerprint density at radius 3 is 2.36 bits per heavy atom. The molecule has 0 saturated carbocycles. The van der Waals surface area contributed by atoms with Gasteiger partial charge in [-0.3, -0.25) is 14.4 Å². The molecule has 1 aromatic rings. The highest BCUT2D eigenvalue weighted by Crippen LogP contribution is 2.28. The lowest BCUT2D eigenvalue weighted by molar-refractivity contribution is -0.147. The Kier molecular flexibility index (Phi) is 7.43. The van der Waals surface area contributed by atoms with E-state index >= 15 is 0 Å². The molecule has 8 nitrogen and oxygen atoms in total. The van der Waals surface area contributed by atoms with Gasteiger partial charge in [-0.05, 0) is 32.0 Å². The van der Waals surface area contributed by atoms with E-state index in [1.807, 2.05) is 0 Å². The molecule has 0 bridgehead atoms. The maximum atomic E-state index is 12.8. The number of piperazine rings is 1. The van der Waals surface area contributed by atoms with E-state index in [9.17, 15) is 14.4 Å². The average Bonchev–Trinajstić information content (AvgIpc) is 2.70. The van der Waals surface area contributed by atoms with Gasteiger partial charge >= 0.3 is 11.8 Å². The predicted octanol–water partition coefficient (Wildman–Crippen LogP) is 1.07. The van der Waals surface area contributed by atoms with E-state index in [4.69, 9.17) is 9.47 Å². The third kappa shape index (κ3) is 5.25. The number of benzene rings is 1. The van der Waals surface area contributed by atoms with Crippen molar-refractivity contribution in [2.75, 3.05) is 39.9 Å². The Labute approximate surface area is 165 Å². The summed E-state index contributed by atoms with van der Waals surface area (Å²) in [5.74, 6) is -0.342. The number of ether oxygens (including phenoxy) is 2. The molecule has 0 radical (unpaired) electrons. The molecular formula is C20H27N3O5. The Hall–Kier alpha value is -3.03. The van der Waals surface area contributed by atoms with Gasteiger partial charge in [0.2, 0.25) is 0 Å². The first-order valence-electron chi connectivity index (χ1n) is 9.18. The van der Waals surface area contributed by atoms with Gasteiger partial charge in [0, 0.05) is 37.8 Å². The van der Waals surface area contributed by atoms with Crippen molar-refractivity contribution in [1.29, 1.82) is 0 Å². The Morgan fingerprint density at radius 1 is 1.14 bits per heavy atom. The van der Waals surface area contributed by atoms with Gasteiger partial charge in [-0.1, -0.05) is 12.7 Å². The van der Waals surface area contributed by atoms with E-state index in [0.717, 1.165) is 0 Å². The number of methoxy groups -OCH3 is 1. The van der Waals surface area contributed by atoms with Gasteiger partial charge in [0.1, 0.15) is 6.61 Å². The van der Waals surface area contributed by atoms with E-state index < -0.39 is 11.8 Å². The second kappa shape index (κ2) is 9.77. The molecule has 0 aliphatic carbocycles. The normalized spacial score (nSPS) is 13.9. The van der Waals surface area contributed by atoms with Gasteiger partial charge < -0.3 is 24.6 Å². The van der Waals surface area contributed by atoms with E-state index in [2.05, 4.69) is 11.9 Å². The molecule has 0 atom stereocenters. The number of carbonyl (C=O) groups excluding carboxylic acids is 3. The van der Waals surface area contributed by atoms with Gasteiger partial charge in [-0.2, -0.15) is 0 Å². The smallest absolute Gasteiger partial charge is 0.312 e. The summed E-state index contributed by atoms with van der Waals surface area (Å²) >= 11 is 0. The molecule has 3 amide bonds. The monoisotopic (exact) mass is 389 g/mol. The maximum Gasteiger partial charge on any atom is 0.312 e. The molecule has 1 aliphatic heterocycles. The predicted molar refractivity (Wildman–Crippen MR) is 104 cm³/mol. The van der Waals surface area contributed by atoms with Gasteiger partial charge in [-0.15, -0.1) is 0 Å². The summed E-state index contributed by atoms with van der Waals surface area (Å²) in [6.45, 7) is 8.87. The zero-order chi connectivity index (χ0) is 20.7. The Bertz CT molecular complexity index is 739. The zero-order valence-corrected chi connectivity index (χ0v) is 16.6. The van der Waals surface area contributed by atoms with Crippen LogP contribution in [0.15, 0.2) is 30.9 Å². The molecule has 8 heteroatoms. The number of amides is 3. The number of carbonyl (C=O) groups is 3. The van der Waals surface area contributed by atoms with Crippen molar-refractivity contribution in [3.05, 3.63) is 36.4 Å². The Balaban J connectivity index is 1.98. The van der Waals surface area contributed by atoms with E-state index in [-0.39, 0.29) is 11.9 Å². The van der Waals surface area contributed by atoms with Crippen LogP contribution in [0.5, 0.6) is 11.5 Å². The molecule has 1 aromatic carbocycles. The summed E-state index contributed by atoms with van der Waals surface area (Å²) in [5.41, 5.74) is 0.472. The van der Waals surface area contributed by atoms with E-state index in [1.165, 1.54) is 12.0 Å². The van der Waals surface area contributed by atoms with Crippen molar-refractivity contribution in [3.63, 3.8) is 0 Å². The largest absolute Gasteiger partial charge is 0.493 e. The van der Waals surface area contributed by atoms with Crippen molar-refractivity contribution in [2.45, 2.75) is 19.9 Å². The summed E-state index contributed by atoms with van der Waals surface area (Å²) in [6.07, 6.45) is 1.63. The van der Waals surface area contributed by atoms with Crippen LogP contribution >= 0.6 is 0 Å². The summed E-state index contributed by atoms with van der Waals surface area (Å²) in [6, 6.07) is 4.89. The molecule has 28 heavy (non-hydrogen) atoms. The molecule has 1 fully saturated rings. The van der Waals surface area contributed by atoms with E-state index in [1.54, 1.807) is 43.0 Å². The number of nitrogens with one attached hydrogen (secondary N) is 1. The lowest BCUT2D eigenvalue weighted by Gasteiger charge is -2.34. The van der Waals surface area contributed by atoms with E-state index in [0.29, 0.717) is 49.8 Å². The fourth-order valence-corrected chi connectivity index (χ4v) is 2.83. The highest BCUT2D eigenvalue weighted by atomic mass is 16.5. The first-order chi connectivity index (χ1) is 13.4. The Morgan fingerprint density at radius 2 is 1.79 bits per heavy atom. The van der Waals surface area contributed by atoms with Gasteiger partial charge in [0.05, 0.1) is 7.11 Å². The van der Waals surface area contributed by atoms with Gasteiger partial charge in [-0.25, -0.2) is 0 Å². The number of hydrogen-bond acceptors (Lipinski definition) is 5. The summed E-state index contributed by atoms with van der Waals surface area (Å²) < 4.78 is 10.8. The molecular weight excluding hydrogens is 362 g/mol. The topological polar surface area (TPSA) is 88.2 Å². The van der Waals surface area contributed by atoms with Crippen LogP contribution in [-0.2, 0) is 9.59 Å². The number of hydrogen-bond donors (Lipinski definition) is 1. The molecule has 152 valence electrons. The molecule has 1 saturated heterocycles. The van der Waals surface area contributed by atoms with Crippen LogP contribution in [0, 0.1) is 0 Å². The molecule has 0 aromatic heterocycles. The van der Waals surface area contributed by atoms with Gasteiger partial charge in [0.15, 0.2) is 11.5 Å². The minimum Gasteiger partial charge on any atom is -0.493 e. The van der Waals surface area contributed by atoms with Crippen molar-refractivity contribution in [1.82, 2.24) is 15.1 Å². The molecule has 2 rings (SSSR count). The summed E-state index contributed by atoms with van der Waals surface area (Å²) in [5, 5.41) is 2.59. The molecule has 0 spiro atoms. The summed E-state index contributed by atoms with van der Waals surface area (Å²) in [4.78, 5) is 39.9. The average molecular weight is 389 g/mol. The summed E-state index contributed by atoms with van der Waals surface area (Å²) in [7, 11) is 1.51. The lowest BCUT2D eigenvalue weighted by atomic mass is 10.1. The van der Waals surface area contributed by atoms with Crippen LogP contribution < -0.4 is 14.8 Å². The lowest BCUT2D eigenvalue weighted by Crippen LogP contribution is -2.54. The maximum absolute atomic E-state index is 12.8. The first kappa shape index (κ1) is 21.3. The fourth-order valence-electron chi connectivity index (χ4n) is 2.83. The minimum absolute atomic E-state index is 0.104. The van der Waals surface area contributed by atoms with Crippen molar-refractivity contribution < 1.29 is 23.9 Å². The van der Waals surface area contributed by atoms with Crippen molar-refractivity contribution >= 4 is 17.7 Å². The third-order valence-electron chi connectivity index (χ3n) is 4.24. The third-order valence-corrected chi connectivity index (χ3v) is 4.24. The van der Waals surface area contributed by atoms with Crippen LogP contribution in [0.3, 0.4) is 0 Å². The van der Waals surface area contributed by atoms with Crippen LogP contribution in [0.4, 0.5) is 0 Å². The first-order valence-corrected chi connectivity index (χ1v) is 9.18. The standard InChI is InChI=1S/C20H27N3O5/c1-5-12-28-16-7-6-15(13-17(16)27-4)19(25)22-8-10-23(11-9-22)20(26)18(24)21-14(2)3/h5-7,13-14H,1,8-12H2,2-4H3,(H,21,24). The SMILES string of the molecule is C=CCOc1ccc(C(=O)N2CCN(C(=O)C(=O)NC(C)C)CC2)cc1OC. The molecule has 1 N–H and O–H groups in total. The van der Waals surface area contributed by atoms with Crippen molar-refractivity contribution in [3.8, 4) is 11.5 Å². The van der Waals surface area contributed by atoms with Crippen LogP contribution in [0.25, 0.3) is 0 Å². The van der Waals surface area contributed by atoms with Crippen LogP contribution in [-0.4, -0.2) is 73.5 Å². The van der Waals surface area contributed by atoms with Crippen LogP contribution in [0.2, 0.25) is 0 Å². The van der Waals surface area contributed by atoms with Crippen molar-refractivity contribution in [2.24, 2.45) is 0 Å². The highest BCUT2D eigenvalue weighted by molar-refractivity contribution is 6.35. The number of nitrogens with zero attached hydrogens (tertiary/aromatic N) is 2. The molecule has 1 aliphatic rings. The zero-order valence-electron chi connectivity index (χ0n) is 16.6. The molecule has 0 unspecified atom stereocenters. The second-order valence-corrected chi connectivity index (χ2v) is 6.68. The van der Waals surface area contributed by atoms with Gasteiger partial charge in [0.25, 0.3) is 5.91 Å². The number of rotatable bonds is 6.